The van der Waals surface area contributed by atoms with Crippen LogP contribution < -0.4 is 10.2 Å². The first-order valence-corrected chi connectivity index (χ1v) is 11.6. The number of likely N-dealkylation sites (N-methyl/N-ethyl adjacent to an activating group) is 1. The number of fused-ring (bicyclic) bond motifs is 1. The highest BCUT2D eigenvalue weighted by atomic mass is 16.2. The molecule has 5 rings (SSSR count). The van der Waals surface area contributed by atoms with Gasteiger partial charge in [-0.25, -0.2) is 9.78 Å². The van der Waals surface area contributed by atoms with E-state index in [1.54, 1.807) is 10.9 Å². The number of hydrogen-bond donors (Lipinski definition) is 1. The van der Waals surface area contributed by atoms with Gasteiger partial charge in [-0.05, 0) is 37.6 Å². The number of nitrogens with zero attached hydrogens (tertiary/aromatic N) is 5. The standard InChI is InChI=1S/C25H32N6O/c1-28-17-21(18-28)29-13-15-30(16-14-29)22-10-5-11-23-24(22)27-19-31(23)25(32)26-12-6-9-20-7-3-2-4-8-20/h2-5,7-8,10-11,19,21H,6,9,12-18H2,1H3,(H,26,32). The van der Waals surface area contributed by atoms with Gasteiger partial charge in [0, 0.05) is 51.9 Å². The Labute approximate surface area is 189 Å². The number of likely N-dealkylation sites (tertiary alicyclic amines) is 1. The fourth-order valence-electron chi connectivity index (χ4n) is 4.88. The molecule has 3 heterocycles. The number of piperazine rings is 1. The number of carbonyl (C=O) groups is 1. The third-order valence-electron chi connectivity index (χ3n) is 6.75. The van der Waals surface area contributed by atoms with Gasteiger partial charge in [0.25, 0.3) is 0 Å². The number of rotatable bonds is 6. The molecule has 1 N–H and O–H groups in total. The summed E-state index contributed by atoms with van der Waals surface area (Å²) in [6.07, 6.45) is 3.52. The molecule has 32 heavy (non-hydrogen) atoms. The second-order valence-electron chi connectivity index (χ2n) is 8.98. The fourth-order valence-corrected chi connectivity index (χ4v) is 4.88. The van der Waals surface area contributed by atoms with Crippen molar-refractivity contribution in [1.82, 2.24) is 24.7 Å². The second-order valence-corrected chi connectivity index (χ2v) is 8.98. The summed E-state index contributed by atoms with van der Waals surface area (Å²) in [6, 6.07) is 17.1. The first kappa shape index (κ1) is 21.0. The average Bonchev–Trinajstić information content (AvgIpc) is 3.25. The zero-order valence-electron chi connectivity index (χ0n) is 18.8. The van der Waals surface area contributed by atoms with E-state index in [0.717, 1.165) is 55.7 Å². The Balaban J connectivity index is 1.20. The Morgan fingerprint density at radius 1 is 1.03 bits per heavy atom. The van der Waals surface area contributed by atoms with Gasteiger partial charge in [0.1, 0.15) is 11.8 Å². The van der Waals surface area contributed by atoms with Crippen LogP contribution in [0.1, 0.15) is 12.0 Å². The maximum Gasteiger partial charge on any atom is 0.327 e. The fraction of sp³-hybridized carbons (Fsp3) is 0.440. The smallest absolute Gasteiger partial charge is 0.327 e. The number of carbonyl (C=O) groups excluding carboxylic acids is 1. The van der Waals surface area contributed by atoms with E-state index in [1.165, 1.54) is 18.7 Å². The second kappa shape index (κ2) is 9.30. The van der Waals surface area contributed by atoms with E-state index < -0.39 is 0 Å². The molecule has 7 heteroatoms. The SMILES string of the molecule is CN1CC(N2CCN(c3cccc4c3ncn4C(=O)NCCCc3ccccc3)CC2)C1. The monoisotopic (exact) mass is 432 g/mol. The summed E-state index contributed by atoms with van der Waals surface area (Å²) in [5, 5.41) is 3.04. The van der Waals surface area contributed by atoms with E-state index in [0.29, 0.717) is 12.6 Å². The Kier molecular flexibility index (Phi) is 6.10. The molecule has 2 aliphatic heterocycles. The average molecular weight is 433 g/mol. The highest BCUT2D eigenvalue weighted by molar-refractivity contribution is 5.95. The van der Waals surface area contributed by atoms with Crippen molar-refractivity contribution < 1.29 is 4.79 Å². The minimum atomic E-state index is -0.114. The largest absolute Gasteiger partial charge is 0.367 e. The molecule has 0 unspecified atom stereocenters. The number of para-hydroxylation sites is 1. The summed E-state index contributed by atoms with van der Waals surface area (Å²) >= 11 is 0. The molecule has 2 aliphatic rings. The number of benzene rings is 2. The molecule has 2 fully saturated rings. The van der Waals surface area contributed by atoms with Gasteiger partial charge in [0.05, 0.1) is 11.2 Å². The number of amides is 1. The first-order valence-electron chi connectivity index (χ1n) is 11.6. The van der Waals surface area contributed by atoms with Crippen LogP contribution in [0.5, 0.6) is 0 Å². The Morgan fingerprint density at radius 2 is 1.81 bits per heavy atom. The van der Waals surface area contributed by atoms with Crippen molar-refractivity contribution in [2.75, 3.05) is 57.8 Å². The third-order valence-corrected chi connectivity index (χ3v) is 6.75. The molecular formula is C25H32N6O. The zero-order valence-corrected chi connectivity index (χ0v) is 18.8. The van der Waals surface area contributed by atoms with E-state index in [2.05, 4.69) is 62.4 Å². The molecular weight excluding hydrogens is 400 g/mol. The van der Waals surface area contributed by atoms with Gasteiger partial charge in [-0.15, -0.1) is 0 Å². The van der Waals surface area contributed by atoms with E-state index >= 15 is 0 Å². The summed E-state index contributed by atoms with van der Waals surface area (Å²) in [6.45, 7) is 7.16. The van der Waals surface area contributed by atoms with Gasteiger partial charge in [-0.1, -0.05) is 36.4 Å². The molecule has 0 bridgehead atoms. The molecule has 1 aromatic heterocycles. The van der Waals surface area contributed by atoms with Crippen LogP contribution in [0.4, 0.5) is 10.5 Å². The zero-order chi connectivity index (χ0) is 21.9. The van der Waals surface area contributed by atoms with Crippen molar-refractivity contribution >= 4 is 22.8 Å². The van der Waals surface area contributed by atoms with E-state index in [9.17, 15) is 4.79 Å². The topological polar surface area (TPSA) is 56.6 Å². The lowest BCUT2D eigenvalue weighted by molar-refractivity contribution is 0.0488. The minimum Gasteiger partial charge on any atom is -0.367 e. The Morgan fingerprint density at radius 3 is 2.56 bits per heavy atom. The predicted octanol–water partition coefficient (Wildman–Crippen LogP) is 2.66. The summed E-state index contributed by atoms with van der Waals surface area (Å²) in [5.41, 5.74) is 4.20. The van der Waals surface area contributed by atoms with Crippen molar-refractivity contribution in [2.24, 2.45) is 0 Å². The molecule has 3 aromatic rings. The van der Waals surface area contributed by atoms with Gasteiger partial charge in [-0.3, -0.25) is 9.47 Å². The molecule has 0 radical (unpaired) electrons. The van der Waals surface area contributed by atoms with Gasteiger partial charge >= 0.3 is 6.03 Å². The molecule has 0 saturated carbocycles. The number of nitrogens with one attached hydrogen (secondary N) is 1. The minimum absolute atomic E-state index is 0.114. The predicted molar refractivity (Wildman–Crippen MR) is 128 cm³/mol. The Hall–Kier alpha value is -2.90. The number of imidazole rings is 1. The highest BCUT2D eigenvalue weighted by Gasteiger charge is 2.31. The quantitative estimate of drug-likeness (QED) is 0.607. The maximum atomic E-state index is 12.8. The molecule has 2 aromatic carbocycles. The van der Waals surface area contributed by atoms with Crippen LogP contribution in [-0.2, 0) is 6.42 Å². The number of hydrogen-bond acceptors (Lipinski definition) is 5. The lowest BCUT2D eigenvalue weighted by Gasteiger charge is -2.47. The highest BCUT2D eigenvalue weighted by Crippen LogP contribution is 2.27. The Bertz CT molecular complexity index is 1050. The van der Waals surface area contributed by atoms with Crippen LogP contribution in [0.2, 0.25) is 0 Å². The lowest BCUT2D eigenvalue weighted by atomic mass is 10.1. The van der Waals surface area contributed by atoms with Crippen LogP contribution in [0.3, 0.4) is 0 Å². The summed E-state index contributed by atoms with van der Waals surface area (Å²) < 4.78 is 1.64. The maximum absolute atomic E-state index is 12.8. The summed E-state index contributed by atoms with van der Waals surface area (Å²) in [4.78, 5) is 24.8. The number of aromatic nitrogens is 2. The van der Waals surface area contributed by atoms with Crippen molar-refractivity contribution in [1.29, 1.82) is 0 Å². The van der Waals surface area contributed by atoms with Crippen molar-refractivity contribution in [3.05, 3.63) is 60.4 Å². The molecule has 0 atom stereocenters. The molecule has 2 saturated heterocycles. The van der Waals surface area contributed by atoms with E-state index in [-0.39, 0.29) is 6.03 Å². The summed E-state index contributed by atoms with van der Waals surface area (Å²) in [5.74, 6) is 0. The van der Waals surface area contributed by atoms with Crippen LogP contribution >= 0.6 is 0 Å². The molecule has 7 nitrogen and oxygen atoms in total. The number of aryl methyl sites for hydroxylation is 1. The van der Waals surface area contributed by atoms with Gasteiger partial charge < -0.3 is 15.1 Å². The van der Waals surface area contributed by atoms with Crippen LogP contribution in [-0.4, -0.2) is 84.3 Å². The van der Waals surface area contributed by atoms with Gasteiger partial charge in [0.2, 0.25) is 0 Å². The molecule has 0 spiro atoms. The molecule has 0 aliphatic carbocycles. The van der Waals surface area contributed by atoms with E-state index in [1.807, 2.05) is 18.2 Å². The normalized spacial score (nSPS) is 18.1. The third kappa shape index (κ3) is 4.36. The van der Waals surface area contributed by atoms with Crippen LogP contribution in [0, 0.1) is 0 Å². The lowest BCUT2D eigenvalue weighted by Crippen LogP contribution is -2.62. The van der Waals surface area contributed by atoms with Crippen molar-refractivity contribution in [2.45, 2.75) is 18.9 Å². The summed E-state index contributed by atoms with van der Waals surface area (Å²) in [7, 11) is 2.18. The first-order chi connectivity index (χ1) is 15.7. The van der Waals surface area contributed by atoms with Gasteiger partial charge in [-0.2, -0.15) is 0 Å². The van der Waals surface area contributed by atoms with Gasteiger partial charge in [0.15, 0.2) is 0 Å². The van der Waals surface area contributed by atoms with Crippen molar-refractivity contribution in [3.63, 3.8) is 0 Å². The van der Waals surface area contributed by atoms with E-state index in [4.69, 9.17) is 0 Å². The van der Waals surface area contributed by atoms with Crippen LogP contribution in [0.15, 0.2) is 54.9 Å². The molecule has 168 valence electrons. The van der Waals surface area contributed by atoms with Crippen molar-refractivity contribution in [3.8, 4) is 0 Å². The number of anilines is 1. The molecule has 1 amide bonds. The van der Waals surface area contributed by atoms with Crippen LogP contribution in [0.25, 0.3) is 11.0 Å².